The van der Waals surface area contributed by atoms with Gasteiger partial charge >= 0.3 is 12.0 Å². The largest absolute Gasteiger partial charge is 0.480 e. The fraction of sp³-hybridized carbons (Fsp3) is 0.385. The van der Waals surface area contributed by atoms with Crippen LogP contribution in [0.2, 0.25) is 0 Å². The van der Waals surface area contributed by atoms with E-state index in [1.807, 2.05) is 30.3 Å². The summed E-state index contributed by atoms with van der Waals surface area (Å²) in [5, 5.41) is 18.7. The van der Waals surface area contributed by atoms with Crippen molar-refractivity contribution >= 4 is 40.6 Å². The summed E-state index contributed by atoms with van der Waals surface area (Å²) in [5.74, 6) is -1.76. The van der Waals surface area contributed by atoms with E-state index in [9.17, 15) is 19.5 Å². The number of amides is 2. The molecule has 1 aromatic carbocycles. The van der Waals surface area contributed by atoms with Crippen LogP contribution in [0.1, 0.15) is 18.9 Å². The molecule has 0 aliphatic carbocycles. The van der Waals surface area contributed by atoms with Gasteiger partial charge in [0.2, 0.25) is 5.88 Å². The highest BCUT2D eigenvalue weighted by Crippen LogP contribution is 2.41. The number of aromatic nitrogens is 4. The molecule has 208 valence electrons. The number of hydrogen-bond acceptors (Lipinski definition) is 10. The van der Waals surface area contributed by atoms with Crippen LogP contribution in [0.3, 0.4) is 0 Å². The maximum atomic E-state index is 14.0. The van der Waals surface area contributed by atoms with E-state index in [-0.39, 0.29) is 30.7 Å². The van der Waals surface area contributed by atoms with Crippen LogP contribution in [0.4, 0.5) is 10.6 Å². The van der Waals surface area contributed by atoms with E-state index in [0.717, 1.165) is 5.56 Å². The standard InChI is InChI=1S/C26H27N7O7/c1-2-27-25(37)32-21-16-22(29-11-28-21)33(12-30-16)23-20-19(38-13-39-20)18(40-23)17(34)15-8-9-31-26(15,24(35)36)10-14-6-4-3-5-7-14/h3-7,11-12,15,18-19,31H,2,8-10,13H2,1H3,(H,35,36)(H2,27,28,29,32,37). The van der Waals surface area contributed by atoms with E-state index in [4.69, 9.17) is 14.2 Å². The molecular formula is C26H27N7O7. The van der Waals surface area contributed by atoms with Gasteiger partial charge in [0, 0.05) is 13.0 Å². The van der Waals surface area contributed by atoms with Gasteiger partial charge in [0.05, 0.1) is 5.92 Å². The van der Waals surface area contributed by atoms with Crippen LogP contribution in [-0.2, 0) is 30.2 Å². The molecule has 6 rings (SSSR count). The lowest BCUT2D eigenvalue weighted by atomic mass is 9.76. The third kappa shape index (κ3) is 4.21. The Hall–Kier alpha value is -4.56. The van der Waals surface area contributed by atoms with Crippen molar-refractivity contribution in [1.29, 1.82) is 0 Å². The van der Waals surface area contributed by atoms with Gasteiger partial charge in [-0.15, -0.1) is 0 Å². The van der Waals surface area contributed by atoms with Crippen molar-refractivity contribution in [2.24, 2.45) is 5.92 Å². The van der Waals surface area contributed by atoms with Crippen LogP contribution in [0, 0.1) is 5.92 Å². The number of ether oxygens (including phenoxy) is 3. The van der Waals surface area contributed by atoms with E-state index in [0.29, 0.717) is 30.7 Å². The highest BCUT2D eigenvalue weighted by molar-refractivity contribution is 5.97. The van der Waals surface area contributed by atoms with Gasteiger partial charge in [-0.3, -0.25) is 14.9 Å². The lowest BCUT2D eigenvalue weighted by Gasteiger charge is -2.32. The molecule has 2 fully saturated rings. The van der Waals surface area contributed by atoms with E-state index in [1.165, 1.54) is 17.2 Å². The van der Waals surface area contributed by atoms with Crippen molar-refractivity contribution in [1.82, 2.24) is 30.2 Å². The molecule has 3 aliphatic rings. The van der Waals surface area contributed by atoms with Crippen molar-refractivity contribution in [2.45, 2.75) is 37.5 Å². The Morgan fingerprint density at radius 2 is 2.02 bits per heavy atom. The summed E-state index contributed by atoms with van der Waals surface area (Å²) < 4.78 is 19.1. The average molecular weight is 550 g/mol. The Labute approximate surface area is 227 Å². The number of ketones is 1. The molecule has 40 heavy (non-hydrogen) atoms. The van der Waals surface area contributed by atoms with Crippen LogP contribution in [0.5, 0.6) is 0 Å². The first kappa shape index (κ1) is 25.7. The predicted molar refractivity (Wildman–Crippen MR) is 139 cm³/mol. The third-order valence-electron chi connectivity index (χ3n) is 7.37. The topological polar surface area (TPSA) is 179 Å². The first-order valence-corrected chi connectivity index (χ1v) is 12.9. The molecule has 2 saturated heterocycles. The fourth-order valence-corrected chi connectivity index (χ4v) is 5.54. The molecular weight excluding hydrogens is 522 g/mol. The minimum Gasteiger partial charge on any atom is -0.480 e. The number of anilines is 1. The minimum absolute atomic E-state index is 0.0980. The average Bonchev–Trinajstić information content (AvgIpc) is 3.73. The first-order valence-electron chi connectivity index (χ1n) is 12.9. The molecule has 4 N–H and O–H groups in total. The van der Waals surface area contributed by atoms with Crippen LogP contribution < -0.4 is 16.0 Å². The molecule has 14 heteroatoms. The number of benzene rings is 1. The van der Waals surface area contributed by atoms with Crippen molar-refractivity contribution in [3.05, 3.63) is 54.3 Å². The highest BCUT2D eigenvalue weighted by Gasteiger charge is 2.58. The maximum Gasteiger partial charge on any atom is 0.325 e. The predicted octanol–water partition coefficient (Wildman–Crippen LogP) is 1.11. The lowest BCUT2D eigenvalue weighted by Crippen LogP contribution is -2.58. The molecule has 0 spiro atoms. The zero-order chi connectivity index (χ0) is 27.9. The molecule has 5 heterocycles. The first-order chi connectivity index (χ1) is 19.4. The van der Waals surface area contributed by atoms with Gasteiger partial charge < -0.3 is 30.0 Å². The number of rotatable bonds is 8. The number of imidazole rings is 1. The number of aliphatic carboxylic acids is 1. The molecule has 3 aliphatic heterocycles. The Morgan fingerprint density at radius 3 is 2.80 bits per heavy atom. The summed E-state index contributed by atoms with van der Waals surface area (Å²) in [7, 11) is 0. The zero-order valence-corrected chi connectivity index (χ0v) is 21.5. The molecule has 0 bridgehead atoms. The molecule has 3 aromatic rings. The number of carbonyl (C=O) groups excluding carboxylic acids is 2. The van der Waals surface area contributed by atoms with Crippen molar-refractivity contribution in [2.75, 3.05) is 25.2 Å². The maximum absolute atomic E-state index is 14.0. The monoisotopic (exact) mass is 549 g/mol. The number of carboxylic acid groups (broad SMARTS) is 1. The number of hydrogen-bond donors (Lipinski definition) is 4. The Bertz CT molecular complexity index is 1510. The van der Waals surface area contributed by atoms with Gasteiger partial charge in [0.25, 0.3) is 0 Å². The second-order valence-corrected chi connectivity index (χ2v) is 9.66. The number of carboxylic acids is 1. The smallest absolute Gasteiger partial charge is 0.325 e. The van der Waals surface area contributed by atoms with Crippen LogP contribution in [0.25, 0.3) is 17.0 Å². The van der Waals surface area contributed by atoms with Gasteiger partial charge in [0.1, 0.15) is 18.2 Å². The number of nitrogens with one attached hydrogen (secondary N) is 3. The second-order valence-electron chi connectivity index (χ2n) is 9.66. The molecule has 2 aromatic heterocycles. The quantitative estimate of drug-likeness (QED) is 0.316. The summed E-state index contributed by atoms with van der Waals surface area (Å²) >= 11 is 0. The fourth-order valence-electron chi connectivity index (χ4n) is 5.54. The molecule has 4 unspecified atom stereocenters. The number of Topliss-reactive ketones (excluding diaryl/α,β-unsaturated/α-hetero) is 1. The Morgan fingerprint density at radius 1 is 1.20 bits per heavy atom. The van der Waals surface area contributed by atoms with Crippen molar-refractivity contribution in [3.8, 4) is 0 Å². The van der Waals surface area contributed by atoms with E-state index in [1.54, 1.807) is 6.92 Å². The Balaban J connectivity index is 1.30. The normalized spacial score (nSPS) is 25.4. The van der Waals surface area contributed by atoms with Crippen LogP contribution >= 0.6 is 0 Å². The SMILES string of the molecule is CCNC(=O)Nc1ncnc2c1ncn2C1=C2OCOC2C(C(=O)C2CCNC2(Cc2ccccc2)C(=O)O)O1. The molecule has 4 atom stereocenters. The van der Waals surface area contributed by atoms with Gasteiger partial charge in [-0.1, -0.05) is 30.3 Å². The highest BCUT2D eigenvalue weighted by atomic mass is 16.7. The molecule has 0 radical (unpaired) electrons. The summed E-state index contributed by atoms with van der Waals surface area (Å²) in [6.45, 7) is 2.48. The summed E-state index contributed by atoms with van der Waals surface area (Å²) in [4.78, 5) is 51.5. The van der Waals surface area contributed by atoms with Crippen molar-refractivity contribution < 1.29 is 33.7 Å². The van der Waals surface area contributed by atoms with Gasteiger partial charge in [-0.05, 0) is 25.5 Å². The molecule has 0 saturated carbocycles. The second kappa shape index (κ2) is 10.2. The van der Waals surface area contributed by atoms with Crippen LogP contribution in [0.15, 0.2) is 48.7 Å². The summed E-state index contributed by atoms with van der Waals surface area (Å²) in [5.41, 5.74) is -0.105. The third-order valence-corrected chi connectivity index (χ3v) is 7.37. The van der Waals surface area contributed by atoms with E-state index >= 15 is 0 Å². The Kier molecular flexibility index (Phi) is 6.56. The lowest BCUT2D eigenvalue weighted by molar-refractivity contribution is -0.152. The number of urea groups is 1. The number of nitrogens with zero attached hydrogens (tertiary/aromatic N) is 4. The molecule has 2 amide bonds. The van der Waals surface area contributed by atoms with Gasteiger partial charge in [-0.25, -0.2) is 24.3 Å². The summed E-state index contributed by atoms with van der Waals surface area (Å²) in [6.07, 6.45) is 1.14. The van der Waals surface area contributed by atoms with Gasteiger partial charge in [0.15, 0.2) is 47.5 Å². The molecule has 14 nitrogen and oxygen atoms in total. The van der Waals surface area contributed by atoms with Crippen molar-refractivity contribution in [3.63, 3.8) is 0 Å². The van der Waals surface area contributed by atoms with Crippen LogP contribution in [-0.4, -0.2) is 80.0 Å². The summed E-state index contributed by atoms with van der Waals surface area (Å²) in [6, 6.07) is 8.75. The minimum atomic E-state index is -1.50. The van der Waals surface area contributed by atoms with E-state index in [2.05, 4.69) is 30.9 Å². The van der Waals surface area contributed by atoms with E-state index < -0.39 is 41.4 Å². The number of fused-ring (bicyclic) bond motifs is 2. The number of carbonyl (C=O) groups is 3. The zero-order valence-electron chi connectivity index (χ0n) is 21.5. The van der Waals surface area contributed by atoms with Gasteiger partial charge in [-0.2, -0.15) is 0 Å².